The average molecular weight is 465 g/mol. The lowest BCUT2D eigenvalue weighted by molar-refractivity contribution is -0.160. The molecule has 3 aliphatic heterocycles. The molecule has 3 heterocycles. The van der Waals surface area contributed by atoms with Crippen LogP contribution in [0.5, 0.6) is 0 Å². The summed E-state index contributed by atoms with van der Waals surface area (Å²) in [6.45, 7) is 7.67. The largest absolute Gasteiger partial charge is 0.466 e. The van der Waals surface area contributed by atoms with Crippen LogP contribution in [0.2, 0.25) is 0 Å². The number of rotatable bonds is 8. The standard InChI is InChI=1S/C25H40N2O6/c1-5-32-23(31)19-18-22(30)27(17(14-28)13-15(2)3)20(25(18)12-11-24(19,4)33-25)21(29)26-16-9-7-6-8-10-16/h15-20,28H,5-14H2,1-4H3,(H,26,29)/t17-,18+,19+,20?,24-,25?/m1/s1. The number of esters is 1. The van der Waals surface area contributed by atoms with Crippen molar-refractivity contribution in [2.24, 2.45) is 17.8 Å². The first-order valence-electron chi connectivity index (χ1n) is 12.8. The van der Waals surface area contributed by atoms with Crippen LogP contribution in [-0.2, 0) is 23.9 Å². The highest BCUT2D eigenvalue weighted by Gasteiger charge is 2.78. The van der Waals surface area contributed by atoms with Crippen molar-refractivity contribution >= 4 is 17.8 Å². The van der Waals surface area contributed by atoms with Crippen molar-refractivity contribution in [3.05, 3.63) is 0 Å². The summed E-state index contributed by atoms with van der Waals surface area (Å²) in [5.74, 6) is -2.19. The van der Waals surface area contributed by atoms with Gasteiger partial charge in [-0.2, -0.15) is 0 Å². The molecule has 0 aromatic heterocycles. The van der Waals surface area contributed by atoms with Crippen molar-refractivity contribution in [3.8, 4) is 0 Å². The maximum atomic E-state index is 14.0. The van der Waals surface area contributed by atoms with Gasteiger partial charge >= 0.3 is 5.97 Å². The van der Waals surface area contributed by atoms with E-state index in [4.69, 9.17) is 9.47 Å². The van der Waals surface area contributed by atoms with Gasteiger partial charge in [-0.1, -0.05) is 33.1 Å². The Morgan fingerprint density at radius 1 is 1.24 bits per heavy atom. The molecule has 4 rings (SSSR count). The fourth-order valence-corrected chi connectivity index (χ4v) is 6.99. The molecule has 186 valence electrons. The minimum absolute atomic E-state index is 0.0892. The summed E-state index contributed by atoms with van der Waals surface area (Å²) < 4.78 is 11.9. The highest BCUT2D eigenvalue weighted by Crippen LogP contribution is 2.63. The Labute approximate surface area is 196 Å². The molecular formula is C25H40N2O6. The predicted octanol–water partition coefficient (Wildman–Crippen LogP) is 2.17. The highest BCUT2D eigenvalue weighted by molar-refractivity contribution is 5.98. The third-order valence-electron chi connectivity index (χ3n) is 8.30. The Hall–Kier alpha value is -1.67. The van der Waals surface area contributed by atoms with Crippen LogP contribution in [0, 0.1) is 17.8 Å². The number of fused-ring (bicyclic) bond motifs is 1. The van der Waals surface area contributed by atoms with Crippen molar-refractivity contribution in [2.75, 3.05) is 13.2 Å². The van der Waals surface area contributed by atoms with Crippen LogP contribution in [-0.4, -0.2) is 70.3 Å². The zero-order chi connectivity index (χ0) is 24.0. The molecule has 2 bridgehead atoms. The molecule has 1 aliphatic carbocycles. The zero-order valence-electron chi connectivity index (χ0n) is 20.5. The fraction of sp³-hybridized carbons (Fsp3) is 0.880. The molecular weight excluding hydrogens is 424 g/mol. The van der Waals surface area contributed by atoms with Gasteiger partial charge in [-0.15, -0.1) is 0 Å². The second kappa shape index (κ2) is 9.17. The lowest BCUT2D eigenvalue weighted by atomic mass is 9.66. The number of nitrogens with one attached hydrogen (secondary N) is 1. The first-order valence-corrected chi connectivity index (χ1v) is 12.8. The number of aliphatic hydroxyl groups excluding tert-OH is 1. The number of amides is 2. The Morgan fingerprint density at radius 3 is 2.55 bits per heavy atom. The van der Waals surface area contributed by atoms with Gasteiger partial charge < -0.3 is 24.8 Å². The number of carbonyl (C=O) groups is 3. The molecule has 4 fully saturated rings. The maximum absolute atomic E-state index is 14.0. The molecule has 0 aromatic carbocycles. The maximum Gasteiger partial charge on any atom is 0.312 e. The molecule has 0 aromatic rings. The summed E-state index contributed by atoms with van der Waals surface area (Å²) >= 11 is 0. The van der Waals surface area contributed by atoms with Gasteiger partial charge in [-0.25, -0.2) is 0 Å². The summed E-state index contributed by atoms with van der Waals surface area (Å²) in [6, 6.07) is -1.27. The molecule has 33 heavy (non-hydrogen) atoms. The molecule has 6 atom stereocenters. The van der Waals surface area contributed by atoms with Gasteiger partial charge in [0.15, 0.2) is 0 Å². The second-order valence-corrected chi connectivity index (χ2v) is 11.0. The van der Waals surface area contributed by atoms with Gasteiger partial charge in [0.05, 0.1) is 30.8 Å². The van der Waals surface area contributed by atoms with Gasteiger partial charge in [-0.3, -0.25) is 14.4 Å². The van der Waals surface area contributed by atoms with Gasteiger partial charge in [-0.05, 0) is 51.9 Å². The molecule has 8 heteroatoms. The van der Waals surface area contributed by atoms with E-state index in [-0.39, 0.29) is 37.0 Å². The van der Waals surface area contributed by atoms with Gasteiger partial charge in [0.25, 0.3) is 0 Å². The smallest absolute Gasteiger partial charge is 0.312 e. The number of nitrogens with zero attached hydrogens (tertiary/aromatic N) is 1. The zero-order valence-corrected chi connectivity index (χ0v) is 20.5. The van der Waals surface area contributed by atoms with Crippen molar-refractivity contribution in [1.82, 2.24) is 10.2 Å². The lowest BCUT2D eigenvalue weighted by Gasteiger charge is -2.38. The lowest BCUT2D eigenvalue weighted by Crippen LogP contribution is -2.59. The van der Waals surface area contributed by atoms with Gasteiger partial charge in [0.2, 0.25) is 11.8 Å². The number of likely N-dealkylation sites (tertiary alicyclic amines) is 1. The Bertz CT molecular complexity index is 781. The third-order valence-corrected chi connectivity index (χ3v) is 8.30. The van der Waals surface area contributed by atoms with E-state index >= 15 is 0 Å². The van der Waals surface area contributed by atoms with Crippen LogP contribution in [0.1, 0.15) is 79.1 Å². The molecule has 2 unspecified atom stereocenters. The van der Waals surface area contributed by atoms with E-state index in [0.29, 0.717) is 19.3 Å². The fourth-order valence-electron chi connectivity index (χ4n) is 6.99. The Kier molecular flexibility index (Phi) is 6.80. The highest BCUT2D eigenvalue weighted by atomic mass is 16.6. The molecule has 2 amide bonds. The molecule has 1 spiro atoms. The van der Waals surface area contributed by atoms with Crippen molar-refractivity contribution in [3.63, 3.8) is 0 Å². The second-order valence-electron chi connectivity index (χ2n) is 11.0. The van der Waals surface area contributed by atoms with Crippen LogP contribution in [0.15, 0.2) is 0 Å². The SMILES string of the molecule is CCOC(=O)[C@@H]1[C@H]2C(=O)N([C@@H](CO)CC(C)C)C(C(=O)NC3CCCCC3)C23CC[C@@]1(C)O3. The first kappa shape index (κ1) is 24.5. The van der Waals surface area contributed by atoms with Crippen molar-refractivity contribution < 1.29 is 29.0 Å². The van der Waals surface area contributed by atoms with Crippen LogP contribution in [0.4, 0.5) is 0 Å². The minimum Gasteiger partial charge on any atom is -0.466 e. The van der Waals surface area contributed by atoms with Crippen LogP contribution in [0.25, 0.3) is 0 Å². The molecule has 4 aliphatic rings. The van der Waals surface area contributed by atoms with Crippen molar-refractivity contribution in [2.45, 2.75) is 108 Å². The molecule has 8 nitrogen and oxygen atoms in total. The number of hydrogen-bond acceptors (Lipinski definition) is 6. The number of ether oxygens (including phenoxy) is 2. The number of aliphatic hydroxyl groups is 1. The summed E-state index contributed by atoms with van der Waals surface area (Å²) in [4.78, 5) is 42.4. The predicted molar refractivity (Wildman–Crippen MR) is 121 cm³/mol. The van der Waals surface area contributed by atoms with Crippen LogP contribution >= 0.6 is 0 Å². The molecule has 1 saturated carbocycles. The van der Waals surface area contributed by atoms with E-state index in [1.54, 1.807) is 11.8 Å². The third kappa shape index (κ3) is 3.97. The van der Waals surface area contributed by atoms with Crippen molar-refractivity contribution in [1.29, 1.82) is 0 Å². The summed E-state index contributed by atoms with van der Waals surface area (Å²) in [7, 11) is 0. The van der Waals surface area contributed by atoms with E-state index in [1.807, 2.05) is 20.8 Å². The Balaban J connectivity index is 1.73. The van der Waals surface area contributed by atoms with E-state index in [9.17, 15) is 19.5 Å². The average Bonchev–Trinajstić information content (AvgIpc) is 3.33. The van der Waals surface area contributed by atoms with E-state index < -0.39 is 41.1 Å². The van der Waals surface area contributed by atoms with Gasteiger partial charge in [0, 0.05) is 6.04 Å². The number of hydrogen-bond donors (Lipinski definition) is 2. The quantitative estimate of drug-likeness (QED) is 0.534. The topological polar surface area (TPSA) is 105 Å². The van der Waals surface area contributed by atoms with E-state index in [1.165, 1.54) is 6.42 Å². The summed E-state index contributed by atoms with van der Waals surface area (Å²) in [5, 5.41) is 13.5. The summed E-state index contributed by atoms with van der Waals surface area (Å²) in [5.41, 5.74) is -1.89. The molecule has 2 N–H and O–H groups in total. The number of carbonyl (C=O) groups excluding carboxylic acids is 3. The van der Waals surface area contributed by atoms with E-state index in [2.05, 4.69) is 5.32 Å². The molecule has 3 saturated heterocycles. The Morgan fingerprint density at radius 2 is 1.94 bits per heavy atom. The van der Waals surface area contributed by atoms with Crippen LogP contribution in [0.3, 0.4) is 0 Å². The van der Waals surface area contributed by atoms with Crippen LogP contribution < -0.4 is 5.32 Å². The van der Waals surface area contributed by atoms with Gasteiger partial charge in [0.1, 0.15) is 17.6 Å². The minimum atomic E-state index is -1.06. The van der Waals surface area contributed by atoms with E-state index in [0.717, 1.165) is 25.7 Å². The first-order chi connectivity index (χ1) is 15.7. The normalized spacial score (nSPS) is 36.8. The monoisotopic (exact) mass is 464 g/mol. The molecule has 0 radical (unpaired) electrons. The summed E-state index contributed by atoms with van der Waals surface area (Å²) in [6.07, 6.45) is 6.90.